The first-order valence-electron chi connectivity index (χ1n) is 6.82. The number of hydrogen-bond donors (Lipinski definition) is 1. The molecular weight excluding hydrogens is 373 g/mol. The van der Waals surface area contributed by atoms with Gasteiger partial charge in [0.1, 0.15) is 0 Å². The van der Waals surface area contributed by atoms with Gasteiger partial charge in [0.15, 0.2) is 0 Å². The number of nitrogens with zero attached hydrogens (tertiary/aromatic N) is 2. The lowest BCUT2D eigenvalue weighted by atomic mass is 10.2. The highest BCUT2D eigenvalue weighted by atomic mass is 127. The van der Waals surface area contributed by atoms with Crippen LogP contribution in [0.2, 0.25) is 0 Å². The number of para-hydroxylation sites is 1. The molecule has 0 amide bonds. The molecule has 1 N–H and O–H groups in total. The lowest BCUT2D eigenvalue weighted by Crippen LogP contribution is -2.02. The molecule has 0 spiro atoms. The molecular formula is C17H16IN3. The van der Waals surface area contributed by atoms with Gasteiger partial charge in [0.25, 0.3) is 0 Å². The third kappa shape index (κ3) is 3.44. The quantitative estimate of drug-likeness (QED) is 0.671. The van der Waals surface area contributed by atoms with Crippen LogP contribution in [-0.4, -0.2) is 9.78 Å². The molecule has 21 heavy (non-hydrogen) atoms. The fourth-order valence-electron chi connectivity index (χ4n) is 2.08. The van der Waals surface area contributed by atoms with Gasteiger partial charge in [0, 0.05) is 15.5 Å². The molecule has 1 heterocycles. The number of aromatic nitrogens is 2. The summed E-state index contributed by atoms with van der Waals surface area (Å²) in [7, 11) is 0. The maximum Gasteiger partial charge on any atom is 0.0819 e. The van der Waals surface area contributed by atoms with Crippen molar-refractivity contribution in [2.75, 3.05) is 5.32 Å². The Labute approximate surface area is 138 Å². The minimum Gasteiger partial charge on any atom is -0.379 e. The SMILES string of the molecule is Cc1ccc(NCc2ccn(-c3ccccc3)n2)cc1I. The molecule has 0 radical (unpaired) electrons. The summed E-state index contributed by atoms with van der Waals surface area (Å²) in [5.41, 5.74) is 4.52. The highest BCUT2D eigenvalue weighted by molar-refractivity contribution is 14.1. The van der Waals surface area contributed by atoms with E-state index in [9.17, 15) is 0 Å². The largest absolute Gasteiger partial charge is 0.379 e. The van der Waals surface area contributed by atoms with Crippen LogP contribution in [0, 0.1) is 10.5 Å². The van der Waals surface area contributed by atoms with Gasteiger partial charge in [-0.05, 0) is 65.4 Å². The Balaban J connectivity index is 1.69. The van der Waals surface area contributed by atoms with E-state index in [2.05, 4.69) is 58.1 Å². The summed E-state index contributed by atoms with van der Waals surface area (Å²) in [6.45, 7) is 2.84. The van der Waals surface area contributed by atoms with E-state index in [1.54, 1.807) is 0 Å². The van der Waals surface area contributed by atoms with Crippen LogP contribution in [0.15, 0.2) is 60.8 Å². The first-order chi connectivity index (χ1) is 10.2. The zero-order chi connectivity index (χ0) is 14.7. The Bertz CT molecular complexity index is 735. The van der Waals surface area contributed by atoms with Crippen molar-refractivity contribution in [2.24, 2.45) is 0 Å². The van der Waals surface area contributed by atoms with Crippen LogP contribution in [0.5, 0.6) is 0 Å². The second-order valence-electron chi connectivity index (χ2n) is 4.90. The molecule has 0 atom stereocenters. The summed E-state index contributed by atoms with van der Waals surface area (Å²) in [4.78, 5) is 0. The lowest BCUT2D eigenvalue weighted by molar-refractivity contribution is 0.844. The minimum atomic E-state index is 0.721. The number of hydrogen-bond acceptors (Lipinski definition) is 2. The molecule has 0 unspecified atom stereocenters. The third-order valence-electron chi connectivity index (χ3n) is 3.31. The highest BCUT2D eigenvalue weighted by Crippen LogP contribution is 2.17. The Hall–Kier alpha value is -1.82. The zero-order valence-corrected chi connectivity index (χ0v) is 13.9. The molecule has 0 saturated heterocycles. The molecule has 0 bridgehead atoms. The summed E-state index contributed by atoms with van der Waals surface area (Å²) in [6.07, 6.45) is 1.99. The summed E-state index contributed by atoms with van der Waals surface area (Å²) in [6, 6.07) is 18.6. The molecule has 106 valence electrons. The van der Waals surface area contributed by atoms with Gasteiger partial charge in [-0.1, -0.05) is 24.3 Å². The number of rotatable bonds is 4. The monoisotopic (exact) mass is 389 g/mol. The normalized spacial score (nSPS) is 10.6. The summed E-state index contributed by atoms with van der Waals surface area (Å²) in [5.74, 6) is 0. The molecule has 0 saturated carbocycles. The van der Waals surface area contributed by atoms with E-state index >= 15 is 0 Å². The number of nitrogens with one attached hydrogen (secondary N) is 1. The Kier molecular flexibility index (Phi) is 4.24. The van der Waals surface area contributed by atoms with Crippen molar-refractivity contribution in [3.8, 4) is 5.69 Å². The topological polar surface area (TPSA) is 29.9 Å². The van der Waals surface area contributed by atoms with Gasteiger partial charge in [-0.2, -0.15) is 5.10 Å². The van der Waals surface area contributed by atoms with Crippen LogP contribution in [-0.2, 0) is 6.54 Å². The Morgan fingerprint density at radius 1 is 1.10 bits per heavy atom. The predicted octanol–water partition coefficient (Wildman–Crippen LogP) is 4.40. The molecule has 3 rings (SSSR count). The molecule has 0 aliphatic rings. The van der Waals surface area contributed by atoms with Crippen molar-refractivity contribution in [1.82, 2.24) is 9.78 Å². The molecule has 2 aromatic carbocycles. The fraction of sp³-hybridized carbons (Fsp3) is 0.118. The molecule has 4 heteroatoms. The number of anilines is 1. The second kappa shape index (κ2) is 6.30. The first kappa shape index (κ1) is 14.1. The van der Waals surface area contributed by atoms with Crippen molar-refractivity contribution in [1.29, 1.82) is 0 Å². The second-order valence-corrected chi connectivity index (χ2v) is 6.07. The van der Waals surface area contributed by atoms with E-state index in [0.717, 1.165) is 23.6 Å². The molecule has 1 aromatic heterocycles. The average Bonchev–Trinajstić information content (AvgIpc) is 2.98. The van der Waals surface area contributed by atoms with Crippen LogP contribution in [0.1, 0.15) is 11.3 Å². The van der Waals surface area contributed by atoms with Crippen molar-refractivity contribution in [3.63, 3.8) is 0 Å². The van der Waals surface area contributed by atoms with Crippen molar-refractivity contribution in [3.05, 3.63) is 75.6 Å². The van der Waals surface area contributed by atoms with Gasteiger partial charge in [-0.15, -0.1) is 0 Å². The van der Waals surface area contributed by atoms with E-state index in [4.69, 9.17) is 0 Å². The van der Waals surface area contributed by atoms with E-state index in [0.29, 0.717) is 0 Å². The number of benzene rings is 2. The number of halogens is 1. The van der Waals surface area contributed by atoms with Gasteiger partial charge in [0.05, 0.1) is 17.9 Å². The summed E-state index contributed by atoms with van der Waals surface area (Å²) in [5, 5.41) is 8.00. The van der Waals surface area contributed by atoms with Gasteiger partial charge >= 0.3 is 0 Å². The third-order valence-corrected chi connectivity index (χ3v) is 4.47. The Morgan fingerprint density at radius 2 is 1.90 bits per heavy atom. The van der Waals surface area contributed by atoms with Crippen LogP contribution in [0.4, 0.5) is 5.69 Å². The Morgan fingerprint density at radius 3 is 2.67 bits per heavy atom. The maximum atomic E-state index is 4.59. The fourth-order valence-corrected chi connectivity index (χ4v) is 2.59. The van der Waals surface area contributed by atoms with E-state index < -0.39 is 0 Å². The van der Waals surface area contributed by atoms with Gasteiger partial charge in [-0.3, -0.25) is 0 Å². The lowest BCUT2D eigenvalue weighted by Gasteiger charge is -2.06. The van der Waals surface area contributed by atoms with Gasteiger partial charge in [-0.25, -0.2) is 4.68 Å². The summed E-state index contributed by atoms with van der Waals surface area (Å²) < 4.78 is 3.17. The van der Waals surface area contributed by atoms with E-state index in [1.807, 2.05) is 47.3 Å². The molecule has 0 aliphatic carbocycles. The molecule has 0 fully saturated rings. The summed E-state index contributed by atoms with van der Waals surface area (Å²) >= 11 is 2.36. The maximum absolute atomic E-state index is 4.59. The molecule has 0 aliphatic heterocycles. The smallest absolute Gasteiger partial charge is 0.0819 e. The van der Waals surface area contributed by atoms with E-state index in [-0.39, 0.29) is 0 Å². The van der Waals surface area contributed by atoms with Crippen LogP contribution in [0.3, 0.4) is 0 Å². The standard InChI is InChI=1S/C17H16IN3/c1-13-7-8-14(11-17(13)18)19-12-15-9-10-21(20-15)16-5-3-2-4-6-16/h2-11,19H,12H2,1H3. The van der Waals surface area contributed by atoms with Gasteiger partial charge < -0.3 is 5.32 Å². The van der Waals surface area contributed by atoms with Crippen molar-refractivity contribution in [2.45, 2.75) is 13.5 Å². The van der Waals surface area contributed by atoms with Crippen LogP contribution >= 0.6 is 22.6 Å². The first-order valence-corrected chi connectivity index (χ1v) is 7.90. The predicted molar refractivity (Wildman–Crippen MR) is 94.8 cm³/mol. The zero-order valence-electron chi connectivity index (χ0n) is 11.8. The number of aryl methyl sites for hydroxylation is 1. The molecule has 3 aromatic rings. The minimum absolute atomic E-state index is 0.721. The van der Waals surface area contributed by atoms with Crippen LogP contribution in [0.25, 0.3) is 5.69 Å². The highest BCUT2D eigenvalue weighted by Gasteiger charge is 2.02. The van der Waals surface area contributed by atoms with E-state index in [1.165, 1.54) is 9.13 Å². The molecule has 3 nitrogen and oxygen atoms in total. The average molecular weight is 389 g/mol. The van der Waals surface area contributed by atoms with Crippen molar-refractivity contribution >= 4 is 28.3 Å². The van der Waals surface area contributed by atoms with Crippen LogP contribution < -0.4 is 5.32 Å². The van der Waals surface area contributed by atoms with Gasteiger partial charge in [0.2, 0.25) is 0 Å². The van der Waals surface area contributed by atoms with Crippen molar-refractivity contribution < 1.29 is 0 Å².